The summed E-state index contributed by atoms with van der Waals surface area (Å²) in [6.07, 6.45) is 0. The highest BCUT2D eigenvalue weighted by Gasteiger charge is 2.06. The third kappa shape index (κ3) is 3.14. The molecule has 94 valence electrons. The van der Waals surface area contributed by atoms with E-state index in [4.69, 9.17) is 0 Å². The number of benzene rings is 2. The van der Waals surface area contributed by atoms with E-state index in [2.05, 4.69) is 84.5 Å². The Morgan fingerprint density at radius 2 is 1.67 bits per heavy atom. The third-order valence-corrected chi connectivity index (χ3v) is 3.65. The second kappa shape index (κ2) is 5.57. The molecule has 0 fully saturated rings. The van der Waals surface area contributed by atoms with E-state index in [1.165, 1.54) is 22.4 Å². The number of nitrogens with one attached hydrogen (secondary N) is 1. The van der Waals surface area contributed by atoms with Crippen LogP contribution in [0.5, 0.6) is 0 Å². The van der Waals surface area contributed by atoms with Gasteiger partial charge in [-0.2, -0.15) is 0 Å². The molecule has 1 N–H and O–H groups in total. The fourth-order valence-electron chi connectivity index (χ4n) is 2.04. The van der Waals surface area contributed by atoms with Gasteiger partial charge in [-0.15, -0.1) is 0 Å². The van der Waals surface area contributed by atoms with Gasteiger partial charge in [0, 0.05) is 16.2 Å². The van der Waals surface area contributed by atoms with Gasteiger partial charge < -0.3 is 5.32 Å². The molecule has 18 heavy (non-hydrogen) atoms. The molecular formula is C16H18BrN. The van der Waals surface area contributed by atoms with Crippen LogP contribution >= 0.6 is 15.9 Å². The Labute approximate surface area is 117 Å². The SMILES string of the molecule is Cc1ccc(NC(C)c2ccc(Br)cc2)c(C)c1. The zero-order valence-corrected chi connectivity index (χ0v) is 12.6. The number of anilines is 1. The lowest BCUT2D eigenvalue weighted by molar-refractivity contribution is 0.882. The fourth-order valence-corrected chi connectivity index (χ4v) is 2.31. The van der Waals surface area contributed by atoms with E-state index in [1.54, 1.807) is 0 Å². The molecule has 1 nitrogen and oxygen atoms in total. The Morgan fingerprint density at radius 3 is 2.28 bits per heavy atom. The summed E-state index contributed by atoms with van der Waals surface area (Å²) in [5.41, 5.74) is 5.09. The van der Waals surface area contributed by atoms with E-state index in [9.17, 15) is 0 Å². The molecule has 0 aliphatic carbocycles. The summed E-state index contributed by atoms with van der Waals surface area (Å²) in [4.78, 5) is 0. The van der Waals surface area contributed by atoms with Crippen LogP contribution < -0.4 is 5.32 Å². The number of halogens is 1. The summed E-state index contributed by atoms with van der Waals surface area (Å²) in [7, 11) is 0. The summed E-state index contributed by atoms with van der Waals surface area (Å²) in [6, 6.07) is 15.3. The second-order valence-electron chi connectivity index (χ2n) is 4.74. The Morgan fingerprint density at radius 1 is 1.00 bits per heavy atom. The molecule has 2 aromatic rings. The molecule has 2 rings (SSSR count). The quantitative estimate of drug-likeness (QED) is 0.817. The topological polar surface area (TPSA) is 12.0 Å². The van der Waals surface area contributed by atoms with Crippen molar-refractivity contribution in [1.82, 2.24) is 0 Å². The van der Waals surface area contributed by atoms with Gasteiger partial charge in [0.25, 0.3) is 0 Å². The van der Waals surface area contributed by atoms with Gasteiger partial charge in [-0.3, -0.25) is 0 Å². The van der Waals surface area contributed by atoms with Crippen LogP contribution in [0.4, 0.5) is 5.69 Å². The molecule has 0 radical (unpaired) electrons. The fraction of sp³-hybridized carbons (Fsp3) is 0.250. The lowest BCUT2D eigenvalue weighted by Gasteiger charge is -2.18. The molecule has 0 aliphatic heterocycles. The molecule has 1 atom stereocenters. The highest BCUT2D eigenvalue weighted by molar-refractivity contribution is 9.10. The number of hydrogen-bond acceptors (Lipinski definition) is 1. The molecule has 2 aromatic carbocycles. The van der Waals surface area contributed by atoms with E-state index < -0.39 is 0 Å². The minimum absolute atomic E-state index is 0.305. The Kier molecular flexibility index (Phi) is 4.07. The summed E-state index contributed by atoms with van der Waals surface area (Å²) >= 11 is 3.46. The third-order valence-electron chi connectivity index (χ3n) is 3.12. The molecule has 0 bridgehead atoms. The lowest BCUT2D eigenvalue weighted by Crippen LogP contribution is -2.07. The number of rotatable bonds is 3. The van der Waals surface area contributed by atoms with E-state index in [0.717, 1.165) is 4.47 Å². The first-order valence-electron chi connectivity index (χ1n) is 6.15. The summed E-state index contributed by atoms with van der Waals surface area (Å²) < 4.78 is 1.12. The van der Waals surface area contributed by atoms with Crippen LogP contribution in [-0.2, 0) is 0 Å². The lowest BCUT2D eigenvalue weighted by atomic mass is 10.1. The first-order valence-corrected chi connectivity index (χ1v) is 6.95. The van der Waals surface area contributed by atoms with Crippen LogP contribution in [0.1, 0.15) is 29.7 Å². The van der Waals surface area contributed by atoms with Gasteiger partial charge in [0.2, 0.25) is 0 Å². The van der Waals surface area contributed by atoms with Crippen LogP contribution in [0.25, 0.3) is 0 Å². The van der Waals surface area contributed by atoms with Crippen molar-refractivity contribution in [2.24, 2.45) is 0 Å². The molecule has 0 spiro atoms. The first-order chi connectivity index (χ1) is 8.56. The van der Waals surface area contributed by atoms with Crippen molar-refractivity contribution in [2.75, 3.05) is 5.32 Å². The van der Waals surface area contributed by atoms with Crippen molar-refractivity contribution < 1.29 is 0 Å². The van der Waals surface area contributed by atoms with Crippen LogP contribution in [0, 0.1) is 13.8 Å². The van der Waals surface area contributed by atoms with Crippen molar-refractivity contribution in [1.29, 1.82) is 0 Å². The van der Waals surface area contributed by atoms with E-state index >= 15 is 0 Å². The molecule has 1 unspecified atom stereocenters. The van der Waals surface area contributed by atoms with Gasteiger partial charge in [0.1, 0.15) is 0 Å². The molecule has 0 saturated carbocycles. The van der Waals surface area contributed by atoms with Gasteiger partial charge in [-0.1, -0.05) is 45.8 Å². The maximum Gasteiger partial charge on any atom is 0.0485 e. The molecule has 0 amide bonds. The van der Waals surface area contributed by atoms with Gasteiger partial charge in [0.05, 0.1) is 0 Å². The number of aryl methyl sites for hydroxylation is 2. The summed E-state index contributed by atoms with van der Waals surface area (Å²) in [6.45, 7) is 6.45. The Hall–Kier alpha value is -1.28. The van der Waals surface area contributed by atoms with E-state index in [1.807, 2.05) is 0 Å². The van der Waals surface area contributed by atoms with Crippen LogP contribution in [0.3, 0.4) is 0 Å². The predicted molar refractivity (Wildman–Crippen MR) is 82.1 cm³/mol. The second-order valence-corrected chi connectivity index (χ2v) is 5.65. The van der Waals surface area contributed by atoms with Crippen molar-refractivity contribution in [3.63, 3.8) is 0 Å². The minimum Gasteiger partial charge on any atom is -0.378 e. The Bertz CT molecular complexity index is 531. The van der Waals surface area contributed by atoms with Gasteiger partial charge >= 0.3 is 0 Å². The zero-order chi connectivity index (χ0) is 13.1. The largest absolute Gasteiger partial charge is 0.378 e. The normalized spacial score (nSPS) is 12.2. The maximum absolute atomic E-state index is 3.56. The van der Waals surface area contributed by atoms with Crippen molar-refractivity contribution in [2.45, 2.75) is 26.8 Å². The van der Waals surface area contributed by atoms with Crippen LogP contribution in [0.15, 0.2) is 46.9 Å². The van der Waals surface area contributed by atoms with Gasteiger partial charge in [-0.05, 0) is 50.1 Å². The van der Waals surface area contributed by atoms with E-state index in [-0.39, 0.29) is 0 Å². The van der Waals surface area contributed by atoms with Crippen LogP contribution in [0.2, 0.25) is 0 Å². The summed E-state index contributed by atoms with van der Waals surface area (Å²) in [5.74, 6) is 0. The highest BCUT2D eigenvalue weighted by Crippen LogP contribution is 2.23. The van der Waals surface area contributed by atoms with Gasteiger partial charge in [-0.25, -0.2) is 0 Å². The molecule has 0 aromatic heterocycles. The smallest absolute Gasteiger partial charge is 0.0485 e. The minimum atomic E-state index is 0.305. The predicted octanol–water partition coefficient (Wildman–Crippen LogP) is 5.24. The van der Waals surface area contributed by atoms with Crippen molar-refractivity contribution in [3.8, 4) is 0 Å². The molecule has 0 heterocycles. The van der Waals surface area contributed by atoms with Crippen molar-refractivity contribution >= 4 is 21.6 Å². The first kappa shape index (κ1) is 13.2. The summed E-state index contributed by atoms with van der Waals surface area (Å²) in [5, 5.41) is 3.56. The monoisotopic (exact) mass is 303 g/mol. The van der Waals surface area contributed by atoms with Gasteiger partial charge in [0.15, 0.2) is 0 Å². The molecule has 0 saturated heterocycles. The molecule has 0 aliphatic rings. The van der Waals surface area contributed by atoms with Crippen LogP contribution in [-0.4, -0.2) is 0 Å². The molecular weight excluding hydrogens is 286 g/mol. The Balaban J connectivity index is 2.15. The zero-order valence-electron chi connectivity index (χ0n) is 11.0. The van der Waals surface area contributed by atoms with E-state index in [0.29, 0.717) is 6.04 Å². The maximum atomic E-state index is 3.56. The molecule has 2 heteroatoms. The number of hydrogen-bond donors (Lipinski definition) is 1. The average molecular weight is 304 g/mol. The standard InChI is InChI=1S/C16H18BrN/c1-11-4-9-16(12(2)10-11)18-13(3)14-5-7-15(17)8-6-14/h4-10,13,18H,1-3H3. The highest BCUT2D eigenvalue weighted by atomic mass is 79.9. The average Bonchev–Trinajstić information content (AvgIpc) is 2.33. The van der Waals surface area contributed by atoms with Crippen molar-refractivity contribution in [3.05, 3.63) is 63.6 Å².